The van der Waals surface area contributed by atoms with Crippen LogP contribution in [0.1, 0.15) is 34.1 Å². The maximum absolute atomic E-state index is 5.31. The van der Waals surface area contributed by atoms with Crippen LogP contribution in [0.5, 0.6) is 0 Å². The lowest BCUT2D eigenvalue weighted by atomic mass is 10.4. The van der Waals surface area contributed by atoms with Crippen molar-refractivity contribution in [1.82, 2.24) is 5.32 Å². The van der Waals surface area contributed by atoms with Crippen molar-refractivity contribution in [1.29, 1.82) is 0 Å². The number of hydrogen-bond acceptors (Lipinski definition) is 3. The van der Waals surface area contributed by atoms with Crippen LogP contribution in [0.25, 0.3) is 0 Å². The average Bonchev–Trinajstić information content (AvgIpc) is 2.63. The maximum atomic E-state index is 5.31. The van der Waals surface area contributed by atoms with Crippen molar-refractivity contribution >= 4 is 11.9 Å². The van der Waals surface area contributed by atoms with Crippen LogP contribution in [0.4, 0.5) is 0 Å². The highest BCUT2D eigenvalue weighted by Gasteiger charge is 2.11. The van der Waals surface area contributed by atoms with E-state index in [0.717, 1.165) is 13.1 Å². The standard InChI is InChI=1S/C4H10N2S.2C2H6/c5-7-4-1-2-6-3-4;2*1-2/h4,6H,1-3,5H2;2*1-2H3. The van der Waals surface area contributed by atoms with E-state index in [1.165, 1.54) is 18.4 Å². The molecule has 1 fully saturated rings. The SMILES string of the molecule is CC.CC.NSC1CCNC1. The fraction of sp³-hybridized carbons (Fsp3) is 1.00. The normalized spacial score (nSPS) is 21.0. The fourth-order valence-corrected chi connectivity index (χ4v) is 1.21. The minimum absolute atomic E-state index is 0.681. The van der Waals surface area contributed by atoms with Gasteiger partial charge in [-0.2, -0.15) is 0 Å². The van der Waals surface area contributed by atoms with Crippen molar-refractivity contribution in [3.8, 4) is 0 Å². The Kier molecular flexibility index (Phi) is 16.2. The molecule has 1 atom stereocenters. The van der Waals surface area contributed by atoms with E-state index in [9.17, 15) is 0 Å². The summed E-state index contributed by atoms with van der Waals surface area (Å²) < 4.78 is 0. The van der Waals surface area contributed by atoms with Crippen LogP contribution in [0.3, 0.4) is 0 Å². The largest absolute Gasteiger partial charge is 0.316 e. The van der Waals surface area contributed by atoms with Crippen molar-refractivity contribution in [2.45, 2.75) is 39.4 Å². The van der Waals surface area contributed by atoms with Crippen LogP contribution in [0, 0.1) is 0 Å². The first-order valence-corrected chi connectivity index (χ1v) is 5.44. The van der Waals surface area contributed by atoms with Crippen molar-refractivity contribution < 1.29 is 0 Å². The summed E-state index contributed by atoms with van der Waals surface area (Å²) in [7, 11) is 0. The fourth-order valence-electron chi connectivity index (χ4n) is 0.744. The molecule has 1 saturated heterocycles. The monoisotopic (exact) mass is 178 g/mol. The van der Waals surface area contributed by atoms with Gasteiger partial charge < -0.3 is 5.32 Å². The molecule has 2 nitrogen and oxygen atoms in total. The quantitative estimate of drug-likeness (QED) is 0.603. The predicted molar refractivity (Wildman–Crippen MR) is 55.7 cm³/mol. The Labute approximate surface area is 75.4 Å². The molecule has 0 aromatic heterocycles. The van der Waals surface area contributed by atoms with E-state index >= 15 is 0 Å². The van der Waals surface area contributed by atoms with Crippen LogP contribution in [0.15, 0.2) is 0 Å². The van der Waals surface area contributed by atoms with Gasteiger partial charge in [-0.3, -0.25) is 5.14 Å². The van der Waals surface area contributed by atoms with Crippen molar-refractivity contribution in [2.75, 3.05) is 13.1 Å². The Morgan fingerprint density at radius 3 is 2.00 bits per heavy atom. The smallest absolute Gasteiger partial charge is 0.0327 e. The molecule has 0 aromatic rings. The molecule has 70 valence electrons. The maximum Gasteiger partial charge on any atom is 0.0327 e. The third-order valence-corrected chi connectivity index (χ3v) is 1.99. The summed E-state index contributed by atoms with van der Waals surface area (Å²) in [6, 6.07) is 0. The molecule has 3 heteroatoms. The average molecular weight is 178 g/mol. The zero-order valence-corrected chi connectivity index (χ0v) is 9.00. The topological polar surface area (TPSA) is 38.0 Å². The van der Waals surface area contributed by atoms with Gasteiger partial charge in [0, 0.05) is 11.8 Å². The van der Waals surface area contributed by atoms with E-state index in [-0.39, 0.29) is 0 Å². The van der Waals surface area contributed by atoms with Gasteiger partial charge in [-0.05, 0) is 13.0 Å². The molecule has 1 unspecified atom stereocenters. The van der Waals surface area contributed by atoms with Crippen molar-refractivity contribution in [3.05, 3.63) is 0 Å². The highest BCUT2D eigenvalue weighted by Crippen LogP contribution is 2.09. The van der Waals surface area contributed by atoms with Crippen molar-refractivity contribution in [3.63, 3.8) is 0 Å². The number of rotatable bonds is 1. The number of hydrogen-bond donors (Lipinski definition) is 2. The van der Waals surface area contributed by atoms with Gasteiger partial charge in [-0.1, -0.05) is 39.6 Å². The zero-order chi connectivity index (χ0) is 9.11. The summed E-state index contributed by atoms with van der Waals surface area (Å²) in [5.74, 6) is 0. The Morgan fingerprint density at radius 1 is 1.27 bits per heavy atom. The lowest BCUT2D eigenvalue weighted by Gasteiger charge is -1.98. The molecule has 0 aromatic carbocycles. The van der Waals surface area contributed by atoms with Crippen LogP contribution in [0.2, 0.25) is 0 Å². The van der Waals surface area contributed by atoms with E-state index in [0.29, 0.717) is 5.25 Å². The van der Waals surface area contributed by atoms with E-state index < -0.39 is 0 Å². The Morgan fingerprint density at radius 2 is 1.82 bits per heavy atom. The Balaban J connectivity index is 0. The van der Waals surface area contributed by atoms with Crippen LogP contribution < -0.4 is 10.5 Å². The minimum Gasteiger partial charge on any atom is -0.316 e. The van der Waals surface area contributed by atoms with Gasteiger partial charge in [0.2, 0.25) is 0 Å². The summed E-state index contributed by atoms with van der Waals surface area (Å²) in [6.07, 6.45) is 1.24. The first-order valence-electron chi connectivity index (χ1n) is 4.50. The van der Waals surface area contributed by atoms with E-state index in [4.69, 9.17) is 5.14 Å². The lowest BCUT2D eigenvalue weighted by molar-refractivity contribution is 0.858. The predicted octanol–water partition coefficient (Wildman–Crippen LogP) is 2.01. The Hall–Kier alpha value is 0.270. The first-order chi connectivity index (χ1) is 5.43. The molecule has 0 radical (unpaired) electrons. The zero-order valence-electron chi connectivity index (χ0n) is 8.18. The molecule has 1 rings (SSSR count). The Bertz CT molecular complexity index is 54.1. The van der Waals surface area contributed by atoms with E-state index in [1.54, 1.807) is 0 Å². The second-order valence-electron chi connectivity index (χ2n) is 1.75. The second kappa shape index (κ2) is 12.9. The molecular weight excluding hydrogens is 156 g/mol. The molecule has 0 spiro atoms. The first kappa shape index (κ1) is 13.8. The van der Waals surface area contributed by atoms with Crippen LogP contribution in [-0.4, -0.2) is 18.3 Å². The third kappa shape index (κ3) is 8.17. The lowest BCUT2D eigenvalue weighted by Crippen LogP contribution is -2.11. The number of nitrogens with one attached hydrogen (secondary N) is 1. The van der Waals surface area contributed by atoms with Crippen LogP contribution >= 0.6 is 11.9 Å². The molecule has 11 heavy (non-hydrogen) atoms. The van der Waals surface area contributed by atoms with Gasteiger partial charge >= 0.3 is 0 Å². The summed E-state index contributed by atoms with van der Waals surface area (Å²) >= 11 is 1.47. The van der Waals surface area contributed by atoms with Gasteiger partial charge in [-0.25, -0.2) is 0 Å². The molecule has 0 aliphatic carbocycles. The molecule has 0 saturated carbocycles. The van der Waals surface area contributed by atoms with Crippen LogP contribution in [-0.2, 0) is 0 Å². The molecule has 0 bridgehead atoms. The van der Waals surface area contributed by atoms with E-state index in [1.807, 2.05) is 27.7 Å². The van der Waals surface area contributed by atoms with Gasteiger partial charge in [0.25, 0.3) is 0 Å². The highest BCUT2D eigenvalue weighted by atomic mass is 32.2. The van der Waals surface area contributed by atoms with Crippen molar-refractivity contribution in [2.24, 2.45) is 5.14 Å². The molecule has 1 heterocycles. The minimum atomic E-state index is 0.681. The summed E-state index contributed by atoms with van der Waals surface area (Å²) in [5, 5.41) is 9.21. The van der Waals surface area contributed by atoms with Gasteiger partial charge in [0.15, 0.2) is 0 Å². The second-order valence-corrected chi connectivity index (χ2v) is 2.69. The van der Waals surface area contributed by atoms with Gasteiger partial charge in [0.1, 0.15) is 0 Å². The molecule has 1 aliphatic heterocycles. The molecule has 3 N–H and O–H groups in total. The summed E-state index contributed by atoms with van der Waals surface area (Å²) in [4.78, 5) is 0. The highest BCUT2D eigenvalue weighted by molar-refractivity contribution is 7.97. The molecule has 1 aliphatic rings. The van der Waals surface area contributed by atoms with E-state index in [2.05, 4.69) is 5.32 Å². The number of nitrogens with two attached hydrogens (primary N) is 1. The van der Waals surface area contributed by atoms with Gasteiger partial charge in [0.05, 0.1) is 0 Å². The molecular formula is C8H22N2S. The summed E-state index contributed by atoms with van der Waals surface area (Å²) in [5.41, 5.74) is 0. The molecule has 0 amide bonds. The third-order valence-electron chi connectivity index (χ3n) is 1.21. The van der Waals surface area contributed by atoms with Gasteiger partial charge in [-0.15, -0.1) is 0 Å². The summed E-state index contributed by atoms with van der Waals surface area (Å²) in [6.45, 7) is 10.2.